The Morgan fingerprint density at radius 1 is 1.36 bits per heavy atom. The lowest BCUT2D eigenvalue weighted by Crippen LogP contribution is -2.30. The molecular weight excluding hydrogens is 177 g/mol. The molecule has 1 rings (SSSR count). The Balaban J connectivity index is 2.64. The van der Waals surface area contributed by atoms with Crippen molar-refractivity contribution in [2.45, 2.75) is 32.7 Å². The van der Waals surface area contributed by atoms with Gasteiger partial charge in [-0.3, -0.25) is 0 Å². The summed E-state index contributed by atoms with van der Waals surface area (Å²) >= 11 is 0. The Labute approximate surface area is 85.1 Å². The third-order valence-electron chi connectivity index (χ3n) is 2.79. The summed E-state index contributed by atoms with van der Waals surface area (Å²) < 4.78 is 13.3. The highest BCUT2D eigenvalue weighted by Gasteiger charge is 2.12. The van der Waals surface area contributed by atoms with Gasteiger partial charge in [-0.1, -0.05) is 38.5 Å². The van der Waals surface area contributed by atoms with Crippen LogP contribution in [0.4, 0.5) is 4.39 Å². The zero-order chi connectivity index (χ0) is 10.6. The summed E-state index contributed by atoms with van der Waals surface area (Å²) in [5.74, 6) is 0.292. The van der Waals surface area contributed by atoms with Crippen LogP contribution in [0.1, 0.15) is 25.8 Å². The van der Waals surface area contributed by atoms with Crippen molar-refractivity contribution in [3.8, 4) is 0 Å². The average molecular weight is 195 g/mol. The first-order valence-electron chi connectivity index (χ1n) is 5.14. The highest BCUT2D eigenvalue weighted by atomic mass is 19.1. The summed E-state index contributed by atoms with van der Waals surface area (Å²) in [6.45, 7) is 4.21. The van der Waals surface area contributed by atoms with Gasteiger partial charge in [0.25, 0.3) is 0 Å². The molecule has 0 saturated carbocycles. The molecule has 78 valence electrons. The molecule has 0 heterocycles. The van der Waals surface area contributed by atoms with Crippen molar-refractivity contribution >= 4 is 0 Å². The second-order valence-corrected chi connectivity index (χ2v) is 3.84. The fraction of sp³-hybridized carbons (Fsp3) is 0.500. The Kier molecular flexibility index (Phi) is 4.08. The zero-order valence-electron chi connectivity index (χ0n) is 8.83. The van der Waals surface area contributed by atoms with Crippen molar-refractivity contribution in [3.63, 3.8) is 0 Å². The fourth-order valence-electron chi connectivity index (χ4n) is 1.42. The fourth-order valence-corrected chi connectivity index (χ4v) is 1.42. The van der Waals surface area contributed by atoms with E-state index in [1.165, 1.54) is 6.07 Å². The lowest BCUT2D eigenvalue weighted by molar-refractivity contribution is 0.434. The van der Waals surface area contributed by atoms with E-state index in [1.807, 2.05) is 6.07 Å². The minimum Gasteiger partial charge on any atom is -0.327 e. The Morgan fingerprint density at radius 3 is 2.57 bits per heavy atom. The first-order valence-corrected chi connectivity index (χ1v) is 5.14. The third-order valence-corrected chi connectivity index (χ3v) is 2.79. The van der Waals surface area contributed by atoms with Crippen LogP contribution in [-0.2, 0) is 6.42 Å². The number of nitrogens with two attached hydrogens (primary N) is 1. The van der Waals surface area contributed by atoms with Gasteiger partial charge in [-0.25, -0.2) is 4.39 Å². The molecule has 0 bridgehead atoms. The summed E-state index contributed by atoms with van der Waals surface area (Å²) in [6.07, 6.45) is 1.66. The van der Waals surface area contributed by atoms with Crippen LogP contribution in [0.3, 0.4) is 0 Å². The van der Waals surface area contributed by atoms with Gasteiger partial charge in [-0.2, -0.15) is 0 Å². The van der Waals surface area contributed by atoms with E-state index in [0.717, 1.165) is 12.0 Å². The van der Waals surface area contributed by atoms with E-state index in [-0.39, 0.29) is 11.9 Å². The highest BCUT2D eigenvalue weighted by molar-refractivity contribution is 5.18. The molecule has 1 aromatic rings. The van der Waals surface area contributed by atoms with E-state index in [2.05, 4.69) is 13.8 Å². The largest absolute Gasteiger partial charge is 0.327 e. The second-order valence-electron chi connectivity index (χ2n) is 3.84. The maximum absolute atomic E-state index is 13.3. The predicted molar refractivity (Wildman–Crippen MR) is 57.5 cm³/mol. The topological polar surface area (TPSA) is 26.0 Å². The minimum atomic E-state index is -0.147. The molecule has 0 radical (unpaired) electrons. The maximum Gasteiger partial charge on any atom is 0.126 e. The van der Waals surface area contributed by atoms with Gasteiger partial charge in [-0.05, 0) is 24.0 Å². The number of rotatable bonds is 4. The van der Waals surface area contributed by atoms with Crippen molar-refractivity contribution < 1.29 is 4.39 Å². The normalized spacial score (nSPS) is 15.1. The van der Waals surface area contributed by atoms with Crippen molar-refractivity contribution in [2.75, 3.05) is 0 Å². The van der Waals surface area contributed by atoms with Crippen LogP contribution in [0.5, 0.6) is 0 Å². The second kappa shape index (κ2) is 5.11. The molecule has 0 amide bonds. The molecule has 0 aliphatic heterocycles. The van der Waals surface area contributed by atoms with E-state index >= 15 is 0 Å². The monoisotopic (exact) mass is 195 g/mol. The molecule has 2 unspecified atom stereocenters. The van der Waals surface area contributed by atoms with Gasteiger partial charge in [0.05, 0.1) is 0 Å². The SMILES string of the molecule is CCC(C)C(N)Cc1ccccc1F. The van der Waals surface area contributed by atoms with Gasteiger partial charge >= 0.3 is 0 Å². The summed E-state index contributed by atoms with van der Waals surface area (Å²) in [6, 6.07) is 6.89. The molecule has 0 aliphatic rings. The summed E-state index contributed by atoms with van der Waals surface area (Å²) in [5.41, 5.74) is 6.68. The third kappa shape index (κ3) is 2.81. The van der Waals surface area contributed by atoms with Gasteiger partial charge in [0.2, 0.25) is 0 Å². The van der Waals surface area contributed by atoms with E-state index in [4.69, 9.17) is 5.73 Å². The van der Waals surface area contributed by atoms with Crippen LogP contribution >= 0.6 is 0 Å². The Hall–Kier alpha value is -0.890. The van der Waals surface area contributed by atoms with Crippen LogP contribution in [0.25, 0.3) is 0 Å². The lowest BCUT2D eigenvalue weighted by Gasteiger charge is -2.18. The van der Waals surface area contributed by atoms with Crippen LogP contribution in [0.2, 0.25) is 0 Å². The molecule has 2 atom stereocenters. The molecule has 2 heteroatoms. The van der Waals surface area contributed by atoms with Crippen LogP contribution in [0.15, 0.2) is 24.3 Å². The Morgan fingerprint density at radius 2 is 2.00 bits per heavy atom. The van der Waals surface area contributed by atoms with E-state index < -0.39 is 0 Å². The van der Waals surface area contributed by atoms with E-state index in [9.17, 15) is 4.39 Å². The molecule has 14 heavy (non-hydrogen) atoms. The van der Waals surface area contributed by atoms with Gasteiger partial charge in [0, 0.05) is 6.04 Å². The molecule has 2 N–H and O–H groups in total. The molecule has 0 fully saturated rings. The van der Waals surface area contributed by atoms with Crippen LogP contribution < -0.4 is 5.73 Å². The molecule has 1 nitrogen and oxygen atoms in total. The van der Waals surface area contributed by atoms with Gasteiger partial charge in [0.15, 0.2) is 0 Å². The number of halogens is 1. The van der Waals surface area contributed by atoms with Gasteiger partial charge in [-0.15, -0.1) is 0 Å². The summed E-state index contributed by atoms with van der Waals surface area (Å²) in [5, 5.41) is 0. The number of hydrogen-bond donors (Lipinski definition) is 1. The maximum atomic E-state index is 13.3. The van der Waals surface area contributed by atoms with Crippen molar-refractivity contribution in [1.82, 2.24) is 0 Å². The summed E-state index contributed by atoms with van der Waals surface area (Å²) in [4.78, 5) is 0. The molecule has 0 spiro atoms. The smallest absolute Gasteiger partial charge is 0.126 e. The molecule has 0 aromatic heterocycles. The van der Waals surface area contributed by atoms with Crippen molar-refractivity contribution in [2.24, 2.45) is 11.7 Å². The summed E-state index contributed by atoms with van der Waals surface area (Å²) in [7, 11) is 0. The lowest BCUT2D eigenvalue weighted by atomic mass is 9.94. The quantitative estimate of drug-likeness (QED) is 0.785. The first kappa shape index (κ1) is 11.2. The first-order chi connectivity index (χ1) is 6.65. The average Bonchev–Trinajstić information content (AvgIpc) is 2.20. The standard InChI is InChI=1S/C12H18FN/c1-3-9(2)12(14)8-10-6-4-5-7-11(10)13/h4-7,9,12H,3,8,14H2,1-2H3. The number of hydrogen-bond acceptors (Lipinski definition) is 1. The molecule has 1 aromatic carbocycles. The van der Waals surface area contributed by atoms with E-state index in [0.29, 0.717) is 12.3 Å². The van der Waals surface area contributed by atoms with E-state index in [1.54, 1.807) is 12.1 Å². The molecular formula is C12H18FN. The Bertz CT molecular complexity index is 285. The van der Waals surface area contributed by atoms with Gasteiger partial charge < -0.3 is 5.73 Å². The van der Waals surface area contributed by atoms with Crippen LogP contribution in [-0.4, -0.2) is 6.04 Å². The molecule has 0 saturated heterocycles. The van der Waals surface area contributed by atoms with Crippen molar-refractivity contribution in [1.29, 1.82) is 0 Å². The highest BCUT2D eigenvalue weighted by Crippen LogP contribution is 2.14. The van der Waals surface area contributed by atoms with Gasteiger partial charge in [0.1, 0.15) is 5.82 Å². The molecule has 0 aliphatic carbocycles. The van der Waals surface area contributed by atoms with Crippen LogP contribution in [0, 0.1) is 11.7 Å². The predicted octanol–water partition coefficient (Wildman–Crippen LogP) is 2.74. The zero-order valence-corrected chi connectivity index (χ0v) is 8.83. The minimum absolute atomic E-state index is 0.0527. The number of benzene rings is 1. The van der Waals surface area contributed by atoms with Crippen molar-refractivity contribution in [3.05, 3.63) is 35.6 Å².